The van der Waals surface area contributed by atoms with Gasteiger partial charge in [0.1, 0.15) is 4.90 Å². The van der Waals surface area contributed by atoms with Gasteiger partial charge in [0.2, 0.25) is 10.0 Å². The molecule has 0 saturated heterocycles. The van der Waals surface area contributed by atoms with E-state index >= 15 is 0 Å². The Hall–Kier alpha value is -0.620. The molecule has 4 nitrogen and oxygen atoms in total. The van der Waals surface area contributed by atoms with Gasteiger partial charge >= 0.3 is 0 Å². The molecule has 1 aliphatic carbocycles. The van der Waals surface area contributed by atoms with Crippen LogP contribution in [0.5, 0.6) is 0 Å². The van der Waals surface area contributed by atoms with Crippen LogP contribution in [0.25, 0.3) is 0 Å². The van der Waals surface area contributed by atoms with Crippen molar-refractivity contribution >= 4 is 21.6 Å². The summed E-state index contributed by atoms with van der Waals surface area (Å²) in [6.45, 7) is 0.00963. The van der Waals surface area contributed by atoms with Gasteiger partial charge in [0, 0.05) is 12.6 Å². The normalized spacial score (nSPS) is 24.3. The summed E-state index contributed by atoms with van der Waals surface area (Å²) in [6, 6.07) is 6.17. The quantitative estimate of drug-likeness (QED) is 0.896. The van der Waals surface area contributed by atoms with Gasteiger partial charge in [-0.2, -0.15) is 0 Å². The molecule has 6 heteroatoms. The molecule has 0 radical (unpaired) electrons. The monoisotopic (exact) mass is 303 g/mol. The predicted molar refractivity (Wildman–Crippen MR) is 74.6 cm³/mol. The van der Waals surface area contributed by atoms with Crippen LogP contribution >= 0.6 is 11.6 Å². The van der Waals surface area contributed by atoms with Crippen LogP contribution in [0.2, 0.25) is 5.02 Å². The third-order valence-electron chi connectivity index (χ3n) is 3.58. The maximum atomic E-state index is 12.3. The molecule has 0 aliphatic heterocycles. The van der Waals surface area contributed by atoms with E-state index in [0.717, 1.165) is 25.7 Å². The van der Waals surface area contributed by atoms with Gasteiger partial charge in [-0.25, -0.2) is 13.1 Å². The number of sulfonamides is 1. The first kappa shape index (κ1) is 14.8. The number of aliphatic hydroxyl groups excluding tert-OH is 1. The van der Waals surface area contributed by atoms with E-state index in [0.29, 0.717) is 0 Å². The molecule has 1 saturated carbocycles. The lowest BCUT2D eigenvalue weighted by molar-refractivity contribution is 0.164. The lowest BCUT2D eigenvalue weighted by atomic mass is 9.86. The highest BCUT2D eigenvalue weighted by molar-refractivity contribution is 7.89. The second kappa shape index (κ2) is 6.22. The third kappa shape index (κ3) is 3.48. The molecule has 0 spiro atoms. The zero-order chi connectivity index (χ0) is 13.9. The maximum Gasteiger partial charge on any atom is 0.242 e. The van der Waals surface area contributed by atoms with Crippen molar-refractivity contribution in [2.24, 2.45) is 5.92 Å². The molecule has 2 rings (SSSR count). The summed E-state index contributed by atoms with van der Waals surface area (Å²) < 4.78 is 27.3. The molecule has 0 heterocycles. The summed E-state index contributed by atoms with van der Waals surface area (Å²) in [5.74, 6) is -0.00832. The van der Waals surface area contributed by atoms with Gasteiger partial charge in [0.05, 0.1) is 5.02 Å². The first-order valence-electron chi connectivity index (χ1n) is 6.42. The Morgan fingerprint density at radius 1 is 1.26 bits per heavy atom. The van der Waals surface area contributed by atoms with Crippen molar-refractivity contribution < 1.29 is 13.5 Å². The SMILES string of the molecule is O=S(=O)(N[C@H]1CCCC[C@@H]1CO)c1ccccc1Cl. The molecule has 19 heavy (non-hydrogen) atoms. The fourth-order valence-corrected chi connectivity index (χ4v) is 4.37. The fraction of sp³-hybridized carbons (Fsp3) is 0.538. The summed E-state index contributed by atoms with van der Waals surface area (Å²) in [7, 11) is -3.63. The number of benzene rings is 1. The van der Waals surface area contributed by atoms with E-state index in [2.05, 4.69) is 4.72 Å². The lowest BCUT2D eigenvalue weighted by Crippen LogP contribution is -2.43. The number of hydrogen-bond donors (Lipinski definition) is 2. The van der Waals surface area contributed by atoms with Crippen LogP contribution in [0.3, 0.4) is 0 Å². The van der Waals surface area contributed by atoms with Crippen LogP contribution in [0.4, 0.5) is 0 Å². The minimum Gasteiger partial charge on any atom is -0.396 e. The molecule has 106 valence electrons. The Balaban J connectivity index is 2.19. The van der Waals surface area contributed by atoms with Crippen molar-refractivity contribution in [3.05, 3.63) is 29.3 Å². The van der Waals surface area contributed by atoms with Gasteiger partial charge in [-0.3, -0.25) is 0 Å². The smallest absolute Gasteiger partial charge is 0.242 e. The van der Waals surface area contributed by atoms with E-state index in [1.807, 2.05) is 0 Å². The number of nitrogens with one attached hydrogen (secondary N) is 1. The average Bonchev–Trinajstić information content (AvgIpc) is 2.39. The highest BCUT2D eigenvalue weighted by atomic mass is 35.5. The molecule has 1 aliphatic rings. The standard InChI is InChI=1S/C13H18ClNO3S/c14-11-6-2-4-8-13(11)19(17,18)15-12-7-3-1-5-10(12)9-16/h2,4,6,8,10,12,15-16H,1,3,5,7,9H2/t10-,12+/m1/s1. The minimum atomic E-state index is -3.63. The summed E-state index contributed by atoms with van der Waals surface area (Å²) in [6.07, 6.45) is 3.63. The van der Waals surface area contributed by atoms with Gasteiger partial charge in [0.25, 0.3) is 0 Å². The summed E-state index contributed by atoms with van der Waals surface area (Å²) in [5.41, 5.74) is 0. The average molecular weight is 304 g/mol. The molecule has 1 fully saturated rings. The van der Waals surface area contributed by atoms with Gasteiger partial charge < -0.3 is 5.11 Å². The van der Waals surface area contributed by atoms with Gasteiger partial charge in [-0.1, -0.05) is 36.6 Å². The Morgan fingerprint density at radius 2 is 1.95 bits per heavy atom. The van der Waals surface area contributed by atoms with Crippen molar-refractivity contribution in [3.8, 4) is 0 Å². The van der Waals surface area contributed by atoms with Crippen LogP contribution in [-0.4, -0.2) is 26.2 Å². The zero-order valence-electron chi connectivity index (χ0n) is 10.5. The number of aliphatic hydroxyl groups is 1. The van der Waals surface area contributed by atoms with Crippen molar-refractivity contribution in [1.29, 1.82) is 0 Å². The van der Waals surface area contributed by atoms with Crippen molar-refractivity contribution in [3.63, 3.8) is 0 Å². The second-order valence-electron chi connectivity index (χ2n) is 4.89. The Labute approximate surface area is 118 Å². The van der Waals surface area contributed by atoms with E-state index in [9.17, 15) is 13.5 Å². The Morgan fingerprint density at radius 3 is 2.63 bits per heavy atom. The first-order chi connectivity index (χ1) is 9.04. The van der Waals surface area contributed by atoms with Crippen molar-refractivity contribution in [1.82, 2.24) is 4.72 Å². The molecular weight excluding hydrogens is 286 g/mol. The van der Waals surface area contributed by atoms with Crippen LogP contribution < -0.4 is 4.72 Å². The second-order valence-corrected chi connectivity index (χ2v) is 6.97. The summed E-state index contributed by atoms with van der Waals surface area (Å²) >= 11 is 5.93. The van der Waals surface area contributed by atoms with Gasteiger partial charge in [-0.15, -0.1) is 0 Å². The third-order valence-corrected chi connectivity index (χ3v) is 5.57. The van der Waals surface area contributed by atoms with Gasteiger partial charge in [-0.05, 0) is 30.9 Å². The fourth-order valence-electron chi connectivity index (χ4n) is 2.51. The molecule has 1 aromatic carbocycles. The molecular formula is C13H18ClNO3S. The summed E-state index contributed by atoms with van der Waals surface area (Å²) in [5, 5.41) is 9.54. The largest absolute Gasteiger partial charge is 0.396 e. The maximum absolute atomic E-state index is 12.3. The molecule has 2 atom stereocenters. The Kier molecular flexibility index (Phi) is 4.84. The van der Waals surface area contributed by atoms with Crippen LogP contribution in [0.15, 0.2) is 29.2 Å². The number of rotatable bonds is 4. The molecule has 0 amide bonds. The van der Waals surface area contributed by atoms with Crippen LogP contribution in [0.1, 0.15) is 25.7 Å². The first-order valence-corrected chi connectivity index (χ1v) is 8.28. The molecule has 0 unspecified atom stereocenters. The van der Waals surface area contributed by atoms with Crippen molar-refractivity contribution in [2.45, 2.75) is 36.6 Å². The molecule has 2 N–H and O–H groups in total. The zero-order valence-corrected chi connectivity index (χ0v) is 12.1. The van der Waals surface area contributed by atoms with Crippen molar-refractivity contribution in [2.75, 3.05) is 6.61 Å². The minimum absolute atomic E-state index is 0.00832. The topological polar surface area (TPSA) is 66.4 Å². The number of hydrogen-bond acceptors (Lipinski definition) is 3. The number of halogens is 1. The van der Waals surface area contributed by atoms with Gasteiger partial charge in [0.15, 0.2) is 0 Å². The van der Waals surface area contributed by atoms with E-state index in [-0.39, 0.29) is 28.5 Å². The van der Waals surface area contributed by atoms with E-state index in [1.54, 1.807) is 18.2 Å². The highest BCUT2D eigenvalue weighted by Gasteiger charge is 2.29. The van der Waals surface area contributed by atoms with Crippen LogP contribution in [-0.2, 0) is 10.0 Å². The molecule has 1 aromatic rings. The predicted octanol–water partition coefficient (Wildman–Crippen LogP) is 2.17. The lowest BCUT2D eigenvalue weighted by Gasteiger charge is -2.30. The van der Waals surface area contributed by atoms with E-state index < -0.39 is 10.0 Å². The van der Waals surface area contributed by atoms with E-state index in [4.69, 9.17) is 11.6 Å². The molecule has 0 bridgehead atoms. The highest BCUT2D eigenvalue weighted by Crippen LogP contribution is 2.27. The summed E-state index contributed by atoms with van der Waals surface area (Å²) in [4.78, 5) is 0.0962. The van der Waals surface area contributed by atoms with E-state index in [1.165, 1.54) is 6.07 Å². The Bertz CT molecular complexity index is 532. The van der Waals surface area contributed by atoms with Crippen LogP contribution in [0, 0.1) is 5.92 Å². The molecule has 0 aromatic heterocycles.